The van der Waals surface area contributed by atoms with Crippen molar-refractivity contribution in [3.05, 3.63) is 46.7 Å². The maximum atomic E-state index is 11.5. The van der Waals surface area contributed by atoms with Crippen LogP contribution in [-0.2, 0) is 16.0 Å². The van der Waals surface area contributed by atoms with E-state index in [-0.39, 0.29) is 12.3 Å². The molecular weight excluding hydrogens is 318 g/mol. The molecule has 1 N–H and O–H groups in total. The lowest BCUT2D eigenvalue weighted by molar-refractivity contribution is -0.139. The number of aromatic nitrogens is 3. The van der Waals surface area contributed by atoms with Crippen molar-refractivity contribution in [2.45, 2.75) is 13.3 Å². The first-order valence-corrected chi connectivity index (χ1v) is 7.28. The average Bonchev–Trinajstić information content (AvgIpc) is 2.95. The standard InChI is InChI=1S/C16H14ClN3O3/c1-9-12(7-14(21)23-2)16(22)20-15(19-9)13(8-18-20)10-4-3-5-11(17)6-10/h3-6,8,22H,7H2,1-2H3. The molecular formula is C16H14ClN3O3. The summed E-state index contributed by atoms with van der Waals surface area (Å²) >= 11 is 6.03. The molecule has 23 heavy (non-hydrogen) atoms. The number of rotatable bonds is 3. The number of fused-ring (bicyclic) bond motifs is 1. The van der Waals surface area contributed by atoms with E-state index in [1.165, 1.54) is 11.6 Å². The Morgan fingerprint density at radius 3 is 2.91 bits per heavy atom. The van der Waals surface area contributed by atoms with Gasteiger partial charge in [-0.2, -0.15) is 9.61 Å². The number of aryl methyl sites for hydroxylation is 1. The Hall–Kier alpha value is -2.60. The van der Waals surface area contributed by atoms with E-state index in [0.717, 1.165) is 11.1 Å². The maximum absolute atomic E-state index is 11.5. The Kier molecular flexibility index (Phi) is 3.92. The third-order valence-corrected chi connectivity index (χ3v) is 3.84. The Labute approximate surface area is 137 Å². The van der Waals surface area contributed by atoms with Gasteiger partial charge in [-0.05, 0) is 24.6 Å². The molecule has 0 bridgehead atoms. The van der Waals surface area contributed by atoms with Gasteiger partial charge in [0.25, 0.3) is 0 Å². The summed E-state index contributed by atoms with van der Waals surface area (Å²) in [4.78, 5) is 16.0. The zero-order valence-corrected chi connectivity index (χ0v) is 13.3. The van der Waals surface area contributed by atoms with Crippen LogP contribution in [0.1, 0.15) is 11.3 Å². The van der Waals surface area contributed by atoms with Crippen LogP contribution in [0.4, 0.5) is 0 Å². The molecule has 3 rings (SSSR count). The predicted octanol–water partition coefficient (Wildman–Crippen LogP) is 2.78. The molecule has 0 saturated carbocycles. The minimum absolute atomic E-state index is 0.0660. The SMILES string of the molecule is COC(=O)Cc1c(C)nc2c(-c3cccc(Cl)c3)cnn2c1O. The molecule has 0 atom stereocenters. The smallest absolute Gasteiger partial charge is 0.310 e. The predicted molar refractivity (Wildman–Crippen MR) is 85.6 cm³/mol. The number of halogens is 1. The minimum atomic E-state index is -0.452. The molecule has 0 unspecified atom stereocenters. The molecule has 0 radical (unpaired) electrons. The van der Waals surface area contributed by atoms with Crippen LogP contribution in [0.15, 0.2) is 30.5 Å². The molecule has 3 aromatic rings. The van der Waals surface area contributed by atoms with Crippen molar-refractivity contribution in [3.8, 4) is 17.0 Å². The van der Waals surface area contributed by atoms with Gasteiger partial charge in [-0.15, -0.1) is 0 Å². The van der Waals surface area contributed by atoms with Crippen LogP contribution in [0.3, 0.4) is 0 Å². The van der Waals surface area contributed by atoms with E-state index < -0.39 is 5.97 Å². The Bertz CT molecular complexity index is 905. The summed E-state index contributed by atoms with van der Waals surface area (Å²) in [5, 5.41) is 15.2. The molecule has 6 nitrogen and oxygen atoms in total. The normalized spacial score (nSPS) is 10.9. The molecule has 0 fully saturated rings. The molecule has 0 aliphatic rings. The van der Waals surface area contributed by atoms with Gasteiger partial charge in [0.05, 0.1) is 19.7 Å². The number of benzene rings is 1. The monoisotopic (exact) mass is 331 g/mol. The number of hydrogen-bond acceptors (Lipinski definition) is 5. The fraction of sp³-hybridized carbons (Fsp3) is 0.188. The van der Waals surface area contributed by atoms with Crippen LogP contribution < -0.4 is 0 Å². The van der Waals surface area contributed by atoms with Gasteiger partial charge in [0.1, 0.15) is 0 Å². The van der Waals surface area contributed by atoms with Crippen molar-refractivity contribution in [1.82, 2.24) is 14.6 Å². The fourth-order valence-electron chi connectivity index (χ4n) is 2.40. The number of methoxy groups -OCH3 is 1. The van der Waals surface area contributed by atoms with E-state index >= 15 is 0 Å². The van der Waals surface area contributed by atoms with Crippen LogP contribution in [-0.4, -0.2) is 32.8 Å². The number of esters is 1. The molecule has 0 spiro atoms. The third kappa shape index (κ3) is 2.73. The summed E-state index contributed by atoms with van der Waals surface area (Å²) in [6.45, 7) is 1.73. The quantitative estimate of drug-likeness (QED) is 0.747. The van der Waals surface area contributed by atoms with E-state index in [4.69, 9.17) is 11.6 Å². The number of carbonyl (C=O) groups excluding carboxylic acids is 1. The first-order valence-electron chi connectivity index (χ1n) is 6.90. The van der Waals surface area contributed by atoms with Gasteiger partial charge in [0, 0.05) is 21.8 Å². The van der Waals surface area contributed by atoms with Gasteiger partial charge in [0.15, 0.2) is 5.65 Å². The fourth-order valence-corrected chi connectivity index (χ4v) is 2.59. The van der Waals surface area contributed by atoms with Crippen molar-refractivity contribution in [1.29, 1.82) is 0 Å². The molecule has 0 aliphatic carbocycles. The third-order valence-electron chi connectivity index (χ3n) is 3.61. The molecule has 118 valence electrons. The first-order chi connectivity index (χ1) is 11.0. The van der Waals surface area contributed by atoms with Crippen LogP contribution in [0.2, 0.25) is 5.02 Å². The summed E-state index contributed by atoms with van der Waals surface area (Å²) in [7, 11) is 1.30. The molecule has 2 heterocycles. The summed E-state index contributed by atoms with van der Waals surface area (Å²) in [6.07, 6.45) is 1.54. The highest BCUT2D eigenvalue weighted by Crippen LogP contribution is 2.30. The van der Waals surface area contributed by atoms with E-state index in [0.29, 0.717) is 21.9 Å². The van der Waals surface area contributed by atoms with Crippen LogP contribution in [0.25, 0.3) is 16.8 Å². The topological polar surface area (TPSA) is 76.7 Å². The second-order valence-corrected chi connectivity index (χ2v) is 5.49. The van der Waals surface area contributed by atoms with Crippen molar-refractivity contribution < 1.29 is 14.6 Å². The van der Waals surface area contributed by atoms with E-state index in [2.05, 4.69) is 14.8 Å². The van der Waals surface area contributed by atoms with E-state index in [1.54, 1.807) is 25.3 Å². The Morgan fingerprint density at radius 1 is 1.43 bits per heavy atom. The van der Waals surface area contributed by atoms with Gasteiger partial charge in [-0.25, -0.2) is 4.98 Å². The second-order valence-electron chi connectivity index (χ2n) is 5.06. The molecule has 0 aliphatic heterocycles. The van der Waals surface area contributed by atoms with Crippen molar-refractivity contribution in [3.63, 3.8) is 0 Å². The van der Waals surface area contributed by atoms with Gasteiger partial charge >= 0.3 is 5.97 Å². The number of nitrogens with zero attached hydrogens (tertiary/aromatic N) is 3. The Balaban J connectivity index is 2.17. The number of hydrogen-bond donors (Lipinski definition) is 1. The lowest BCUT2D eigenvalue weighted by Crippen LogP contribution is -2.09. The second kappa shape index (κ2) is 5.89. The van der Waals surface area contributed by atoms with Crippen molar-refractivity contribution in [2.75, 3.05) is 7.11 Å². The van der Waals surface area contributed by atoms with Gasteiger partial charge in [-0.1, -0.05) is 23.7 Å². The summed E-state index contributed by atoms with van der Waals surface area (Å²) in [5.74, 6) is -0.571. The highest BCUT2D eigenvalue weighted by molar-refractivity contribution is 6.30. The zero-order valence-electron chi connectivity index (χ0n) is 12.6. The van der Waals surface area contributed by atoms with Crippen LogP contribution in [0, 0.1) is 6.92 Å². The number of carbonyl (C=O) groups is 1. The largest absolute Gasteiger partial charge is 0.493 e. The molecule has 0 saturated heterocycles. The zero-order chi connectivity index (χ0) is 16.6. The molecule has 2 aromatic heterocycles. The molecule has 7 heteroatoms. The number of aromatic hydroxyl groups is 1. The Morgan fingerprint density at radius 2 is 2.22 bits per heavy atom. The summed E-state index contributed by atoms with van der Waals surface area (Å²) in [6, 6.07) is 7.30. The van der Waals surface area contributed by atoms with Crippen molar-refractivity contribution in [2.24, 2.45) is 0 Å². The van der Waals surface area contributed by atoms with E-state index in [1.807, 2.05) is 12.1 Å². The summed E-state index contributed by atoms with van der Waals surface area (Å²) < 4.78 is 5.95. The van der Waals surface area contributed by atoms with Crippen molar-refractivity contribution >= 4 is 23.2 Å². The highest BCUT2D eigenvalue weighted by Gasteiger charge is 2.19. The van der Waals surface area contributed by atoms with E-state index in [9.17, 15) is 9.90 Å². The van der Waals surface area contributed by atoms with Crippen LogP contribution in [0.5, 0.6) is 5.88 Å². The minimum Gasteiger partial charge on any atom is -0.493 e. The molecule has 0 amide bonds. The lowest BCUT2D eigenvalue weighted by Gasteiger charge is -2.09. The average molecular weight is 332 g/mol. The maximum Gasteiger partial charge on any atom is 0.310 e. The first kappa shape index (κ1) is 15.3. The highest BCUT2D eigenvalue weighted by atomic mass is 35.5. The van der Waals surface area contributed by atoms with Gasteiger partial charge in [-0.3, -0.25) is 4.79 Å². The van der Waals surface area contributed by atoms with Gasteiger partial charge in [0.2, 0.25) is 5.88 Å². The lowest BCUT2D eigenvalue weighted by atomic mass is 10.1. The number of ether oxygens (including phenoxy) is 1. The van der Waals surface area contributed by atoms with Gasteiger partial charge < -0.3 is 9.84 Å². The van der Waals surface area contributed by atoms with Crippen LogP contribution >= 0.6 is 11.6 Å². The summed E-state index contributed by atoms with van der Waals surface area (Å²) in [5.41, 5.74) is 3.03. The molecule has 1 aromatic carbocycles.